The molecule has 0 saturated heterocycles. The van der Waals surface area contributed by atoms with Crippen LogP contribution in [0.1, 0.15) is 16.7 Å². The van der Waals surface area contributed by atoms with Crippen LogP contribution in [0.4, 0.5) is 0 Å². The fourth-order valence-corrected chi connectivity index (χ4v) is 7.66. The van der Waals surface area contributed by atoms with Crippen molar-refractivity contribution in [3.8, 4) is 11.5 Å². The lowest BCUT2D eigenvalue weighted by Crippen LogP contribution is -2.15. The van der Waals surface area contributed by atoms with E-state index in [1.165, 1.54) is 0 Å². The number of fused-ring (bicyclic) bond motifs is 1. The fraction of sp³-hybridized carbons (Fsp3) is 0.0714. The van der Waals surface area contributed by atoms with Gasteiger partial charge in [0.1, 0.15) is 11.5 Å². The van der Waals surface area contributed by atoms with Crippen molar-refractivity contribution >= 4 is 28.6 Å². The van der Waals surface area contributed by atoms with E-state index in [2.05, 4.69) is 6.07 Å². The van der Waals surface area contributed by atoms with Gasteiger partial charge in [-0.2, -0.15) is 0 Å². The quantitative estimate of drug-likeness (QED) is 0.361. The average Bonchev–Trinajstić information content (AvgIpc) is 3.14. The predicted octanol–water partition coefficient (Wildman–Crippen LogP) is 5.95. The van der Waals surface area contributed by atoms with Crippen molar-refractivity contribution in [2.24, 2.45) is 0 Å². The third-order valence-corrected chi connectivity index (χ3v) is 9.13. The van der Waals surface area contributed by atoms with Gasteiger partial charge >= 0.3 is 0 Å². The molecular weight excluding hydrogens is 415 g/mol. The van der Waals surface area contributed by atoms with E-state index in [0.29, 0.717) is 0 Å². The van der Waals surface area contributed by atoms with Gasteiger partial charge in [0.2, 0.25) is 0 Å². The Hall–Kier alpha value is -3.55. The zero-order valence-electron chi connectivity index (χ0n) is 18.0. The van der Waals surface area contributed by atoms with Crippen LogP contribution in [0, 0.1) is 0 Å². The van der Waals surface area contributed by atoms with Crippen LogP contribution in [-0.2, 0) is 4.57 Å². The largest absolute Gasteiger partial charge is 0.497 e. The second-order valence-corrected chi connectivity index (χ2v) is 10.3. The first kappa shape index (κ1) is 20.4. The fourth-order valence-electron chi connectivity index (χ4n) is 4.40. The maximum absolute atomic E-state index is 15.1. The summed E-state index contributed by atoms with van der Waals surface area (Å²) >= 11 is 0. The van der Waals surface area contributed by atoms with E-state index in [-0.39, 0.29) is 0 Å². The van der Waals surface area contributed by atoms with E-state index < -0.39 is 7.14 Å². The maximum Gasteiger partial charge on any atom is 0.172 e. The van der Waals surface area contributed by atoms with Crippen molar-refractivity contribution in [2.45, 2.75) is 0 Å². The molecule has 0 spiro atoms. The van der Waals surface area contributed by atoms with E-state index in [1.807, 2.05) is 97.1 Å². The van der Waals surface area contributed by atoms with Gasteiger partial charge in [-0.3, -0.25) is 0 Å². The summed E-state index contributed by atoms with van der Waals surface area (Å²) in [4.78, 5) is 0. The Labute approximate surface area is 188 Å². The molecule has 0 saturated carbocycles. The van der Waals surface area contributed by atoms with Gasteiger partial charge in [0.25, 0.3) is 0 Å². The van der Waals surface area contributed by atoms with Gasteiger partial charge in [-0.1, -0.05) is 78.9 Å². The molecule has 1 aliphatic heterocycles. The van der Waals surface area contributed by atoms with Gasteiger partial charge in [-0.15, -0.1) is 0 Å². The zero-order valence-corrected chi connectivity index (χ0v) is 18.9. The maximum atomic E-state index is 15.1. The molecule has 3 nitrogen and oxygen atoms in total. The number of hydrogen-bond donors (Lipinski definition) is 0. The van der Waals surface area contributed by atoms with Crippen LogP contribution in [-0.4, -0.2) is 14.2 Å². The Bertz CT molecular complexity index is 1340. The van der Waals surface area contributed by atoms with Crippen molar-refractivity contribution in [1.82, 2.24) is 0 Å². The molecule has 5 rings (SSSR count). The van der Waals surface area contributed by atoms with E-state index in [1.54, 1.807) is 14.2 Å². The molecule has 1 heterocycles. The van der Waals surface area contributed by atoms with E-state index in [9.17, 15) is 0 Å². The van der Waals surface area contributed by atoms with Crippen LogP contribution >= 0.6 is 7.14 Å². The smallest absolute Gasteiger partial charge is 0.172 e. The minimum absolute atomic E-state index is 0.769. The molecule has 0 aliphatic carbocycles. The summed E-state index contributed by atoms with van der Waals surface area (Å²) < 4.78 is 25.8. The van der Waals surface area contributed by atoms with Crippen LogP contribution in [0.25, 0.3) is 10.9 Å². The number of benzene rings is 4. The third-order valence-electron chi connectivity index (χ3n) is 5.93. The molecule has 0 N–H and O–H groups in total. The van der Waals surface area contributed by atoms with Gasteiger partial charge < -0.3 is 14.0 Å². The van der Waals surface area contributed by atoms with E-state index >= 15 is 4.57 Å². The molecule has 0 aromatic heterocycles. The summed E-state index contributed by atoms with van der Waals surface area (Å²) in [5.41, 5.74) is 3.95. The molecule has 158 valence electrons. The second kappa shape index (κ2) is 8.18. The van der Waals surface area contributed by atoms with Gasteiger partial charge in [0.05, 0.1) is 14.2 Å². The molecule has 4 aromatic rings. The second-order valence-electron chi connectivity index (χ2n) is 7.64. The number of methoxy groups -OCH3 is 2. The van der Waals surface area contributed by atoms with Crippen molar-refractivity contribution in [2.75, 3.05) is 14.2 Å². The normalized spacial score (nSPS) is 17.2. The van der Waals surface area contributed by atoms with Gasteiger partial charge in [0.15, 0.2) is 7.14 Å². The summed E-state index contributed by atoms with van der Waals surface area (Å²) in [6.45, 7) is 0. The molecule has 0 fully saturated rings. The summed E-state index contributed by atoms with van der Waals surface area (Å²) in [6, 6.07) is 33.7. The minimum Gasteiger partial charge on any atom is -0.497 e. The Morgan fingerprint density at radius 1 is 0.594 bits per heavy atom. The highest BCUT2D eigenvalue weighted by molar-refractivity contribution is 7.88. The molecule has 0 amide bonds. The van der Waals surface area contributed by atoms with Gasteiger partial charge in [-0.25, -0.2) is 0 Å². The number of hydrogen-bond acceptors (Lipinski definition) is 3. The highest BCUT2D eigenvalue weighted by Gasteiger charge is 2.43. The Kier molecular flexibility index (Phi) is 5.20. The highest BCUT2D eigenvalue weighted by atomic mass is 31.2. The first-order chi connectivity index (χ1) is 15.7. The van der Waals surface area contributed by atoms with E-state index in [0.717, 1.165) is 49.7 Å². The molecule has 4 heteroatoms. The lowest BCUT2D eigenvalue weighted by molar-refractivity contribution is 0.414. The SMILES string of the molecule is COc1ccc(C2=C(c3ccc(OC)cc3)P(=O)(c3ccccc3)c3ccccc32)cc1. The monoisotopic (exact) mass is 438 g/mol. The average molecular weight is 438 g/mol. The van der Waals surface area contributed by atoms with Gasteiger partial charge in [0, 0.05) is 21.5 Å². The highest BCUT2D eigenvalue weighted by Crippen LogP contribution is 2.65. The molecule has 4 aromatic carbocycles. The number of ether oxygens (including phenoxy) is 2. The summed E-state index contributed by atoms with van der Waals surface area (Å²) in [6.07, 6.45) is 0. The van der Waals surface area contributed by atoms with Crippen LogP contribution < -0.4 is 20.1 Å². The first-order valence-corrected chi connectivity index (χ1v) is 12.2. The number of rotatable bonds is 5. The Balaban J connectivity index is 1.86. The van der Waals surface area contributed by atoms with Crippen molar-refractivity contribution in [3.63, 3.8) is 0 Å². The van der Waals surface area contributed by atoms with E-state index in [4.69, 9.17) is 9.47 Å². The third kappa shape index (κ3) is 3.18. The first-order valence-electron chi connectivity index (χ1n) is 10.5. The predicted molar refractivity (Wildman–Crippen MR) is 132 cm³/mol. The van der Waals surface area contributed by atoms with Crippen LogP contribution in [0.15, 0.2) is 103 Å². The molecule has 1 aliphatic rings. The minimum atomic E-state index is -3.10. The summed E-state index contributed by atoms with van der Waals surface area (Å²) in [5.74, 6) is 1.56. The van der Waals surface area contributed by atoms with Crippen LogP contribution in [0.5, 0.6) is 11.5 Å². The molecule has 0 bridgehead atoms. The lowest BCUT2D eigenvalue weighted by Gasteiger charge is -2.20. The molecular formula is C28H23O3P. The summed E-state index contributed by atoms with van der Waals surface area (Å²) in [5, 5.41) is 2.57. The standard InChI is InChI=1S/C28H23O3P/c1-30-22-16-12-20(13-17-22)27-25-10-6-7-11-26(25)32(29,24-8-4-3-5-9-24)28(27)21-14-18-23(31-2)19-15-21/h3-19H,1-2H3. The summed E-state index contributed by atoms with van der Waals surface area (Å²) in [7, 11) is 0.208. The van der Waals surface area contributed by atoms with Crippen LogP contribution in [0.3, 0.4) is 0 Å². The molecule has 32 heavy (non-hydrogen) atoms. The molecule has 0 radical (unpaired) electrons. The van der Waals surface area contributed by atoms with Gasteiger partial charge in [-0.05, 0) is 41.0 Å². The van der Waals surface area contributed by atoms with Crippen molar-refractivity contribution < 1.29 is 14.0 Å². The molecule has 1 atom stereocenters. The van der Waals surface area contributed by atoms with Crippen molar-refractivity contribution in [1.29, 1.82) is 0 Å². The Morgan fingerprint density at radius 3 is 1.72 bits per heavy atom. The topological polar surface area (TPSA) is 35.5 Å². The lowest BCUT2D eigenvalue weighted by atomic mass is 9.95. The molecule has 1 unspecified atom stereocenters. The van der Waals surface area contributed by atoms with Crippen LogP contribution in [0.2, 0.25) is 0 Å². The Morgan fingerprint density at radius 2 is 1.12 bits per heavy atom. The van der Waals surface area contributed by atoms with Crippen molar-refractivity contribution in [3.05, 3.63) is 120 Å². The zero-order chi connectivity index (χ0) is 22.1.